The van der Waals surface area contributed by atoms with Gasteiger partial charge in [0, 0.05) is 26.3 Å². The maximum Gasteiger partial charge on any atom is 0.238 e. The van der Waals surface area contributed by atoms with Crippen molar-refractivity contribution < 1.29 is 9.53 Å². The topological polar surface area (TPSA) is 77.2 Å². The van der Waals surface area contributed by atoms with Gasteiger partial charge in [-0.1, -0.05) is 0 Å². The molecule has 0 spiro atoms. The summed E-state index contributed by atoms with van der Waals surface area (Å²) in [7, 11) is 1.88. The van der Waals surface area contributed by atoms with Gasteiger partial charge in [-0.05, 0) is 26.3 Å². The van der Waals surface area contributed by atoms with Gasteiger partial charge in [-0.2, -0.15) is 10.2 Å². The van der Waals surface area contributed by atoms with Gasteiger partial charge in [0.1, 0.15) is 0 Å². The Morgan fingerprint density at radius 3 is 2.84 bits per heavy atom. The second-order valence-corrected chi connectivity index (χ2v) is 6.69. The van der Waals surface area contributed by atoms with E-state index in [1.807, 2.05) is 44.9 Å². The summed E-state index contributed by atoms with van der Waals surface area (Å²) in [5.74, 6) is -0.0187. The van der Waals surface area contributed by atoms with Crippen LogP contribution in [0, 0.1) is 20.8 Å². The second-order valence-electron chi connectivity index (χ2n) is 6.69. The average molecular weight is 346 g/mol. The quantitative estimate of drug-likeness (QED) is 0.870. The maximum absolute atomic E-state index is 12.4. The summed E-state index contributed by atoms with van der Waals surface area (Å²) in [4.78, 5) is 14.5. The molecule has 3 heterocycles. The third kappa shape index (κ3) is 4.26. The molecule has 1 saturated heterocycles. The standard InChI is InChI=1S/C17H26N6O2/c1-12-7-18-23(8-12)10-15-9-22(5-6-25-15)11-16(24)19-17-13(2)20-21(4)14(17)3/h7-8,15H,5-6,9-11H2,1-4H3,(H,19,24)/t15-/m1/s1. The van der Waals surface area contributed by atoms with Gasteiger partial charge in [0.15, 0.2) is 0 Å². The average Bonchev–Trinajstić information content (AvgIpc) is 3.06. The van der Waals surface area contributed by atoms with Crippen LogP contribution in [-0.4, -0.2) is 62.7 Å². The third-order valence-corrected chi connectivity index (χ3v) is 4.52. The first-order chi connectivity index (χ1) is 11.9. The van der Waals surface area contributed by atoms with Gasteiger partial charge in [0.25, 0.3) is 0 Å². The first kappa shape index (κ1) is 17.6. The number of carbonyl (C=O) groups excluding carboxylic acids is 1. The van der Waals surface area contributed by atoms with Crippen molar-refractivity contribution in [3.63, 3.8) is 0 Å². The molecule has 0 aliphatic carbocycles. The number of amides is 1. The molecule has 2 aromatic heterocycles. The van der Waals surface area contributed by atoms with Crippen LogP contribution in [0.4, 0.5) is 5.69 Å². The largest absolute Gasteiger partial charge is 0.374 e. The number of nitrogens with zero attached hydrogens (tertiary/aromatic N) is 5. The van der Waals surface area contributed by atoms with Crippen LogP contribution < -0.4 is 5.32 Å². The summed E-state index contributed by atoms with van der Waals surface area (Å²) in [6, 6.07) is 0. The van der Waals surface area contributed by atoms with Crippen molar-refractivity contribution in [3.05, 3.63) is 29.3 Å². The number of anilines is 1. The minimum Gasteiger partial charge on any atom is -0.374 e. The number of nitrogens with one attached hydrogen (secondary N) is 1. The van der Waals surface area contributed by atoms with E-state index in [1.165, 1.54) is 0 Å². The van der Waals surface area contributed by atoms with Crippen molar-refractivity contribution in [1.29, 1.82) is 0 Å². The molecule has 1 atom stereocenters. The molecule has 1 N–H and O–H groups in total. The van der Waals surface area contributed by atoms with Crippen molar-refractivity contribution in [2.24, 2.45) is 7.05 Å². The Morgan fingerprint density at radius 1 is 1.40 bits per heavy atom. The molecule has 0 radical (unpaired) electrons. The second kappa shape index (κ2) is 7.37. The van der Waals surface area contributed by atoms with Crippen molar-refractivity contribution in [2.75, 3.05) is 31.6 Å². The lowest BCUT2D eigenvalue weighted by molar-refractivity contribution is -0.119. The predicted molar refractivity (Wildman–Crippen MR) is 94.5 cm³/mol. The molecule has 2 aromatic rings. The van der Waals surface area contributed by atoms with Crippen LogP contribution in [0.25, 0.3) is 0 Å². The lowest BCUT2D eigenvalue weighted by Gasteiger charge is -2.32. The fourth-order valence-electron chi connectivity index (χ4n) is 3.15. The van der Waals surface area contributed by atoms with Crippen LogP contribution >= 0.6 is 0 Å². The van der Waals surface area contributed by atoms with Gasteiger partial charge in [0.2, 0.25) is 5.91 Å². The first-order valence-electron chi connectivity index (χ1n) is 8.55. The van der Waals surface area contributed by atoms with E-state index in [4.69, 9.17) is 4.74 Å². The summed E-state index contributed by atoms with van der Waals surface area (Å²) in [6.07, 6.45) is 3.89. The van der Waals surface area contributed by atoms with E-state index in [9.17, 15) is 4.79 Å². The number of ether oxygens (including phenoxy) is 1. The number of hydrogen-bond donors (Lipinski definition) is 1. The summed E-state index contributed by atoms with van der Waals surface area (Å²) < 4.78 is 9.49. The molecular weight excluding hydrogens is 320 g/mol. The number of morpholine rings is 1. The molecule has 136 valence electrons. The summed E-state index contributed by atoms with van der Waals surface area (Å²) in [5, 5.41) is 11.6. The van der Waals surface area contributed by atoms with Gasteiger partial charge in [-0.3, -0.25) is 19.1 Å². The Balaban J connectivity index is 1.54. The molecule has 0 bridgehead atoms. The predicted octanol–water partition coefficient (Wildman–Crippen LogP) is 0.881. The smallest absolute Gasteiger partial charge is 0.238 e. The number of aryl methyl sites for hydroxylation is 3. The number of rotatable bonds is 5. The summed E-state index contributed by atoms with van der Waals surface area (Å²) in [5.41, 5.74) is 3.74. The molecule has 0 aromatic carbocycles. The molecule has 1 fully saturated rings. The zero-order valence-electron chi connectivity index (χ0n) is 15.3. The highest BCUT2D eigenvalue weighted by molar-refractivity contribution is 5.93. The lowest BCUT2D eigenvalue weighted by Crippen LogP contribution is -2.47. The van der Waals surface area contributed by atoms with Gasteiger partial charge >= 0.3 is 0 Å². The van der Waals surface area contributed by atoms with Gasteiger partial charge in [-0.15, -0.1) is 0 Å². The van der Waals surface area contributed by atoms with E-state index < -0.39 is 0 Å². The molecular formula is C17H26N6O2. The molecule has 1 amide bonds. The van der Waals surface area contributed by atoms with Gasteiger partial charge < -0.3 is 10.1 Å². The number of aromatic nitrogens is 4. The Morgan fingerprint density at radius 2 is 2.20 bits per heavy atom. The SMILES string of the molecule is Cc1cnn(C[C@H]2CN(CC(=O)Nc3c(C)nn(C)c3C)CCO2)c1. The molecule has 1 aliphatic heterocycles. The highest BCUT2D eigenvalue weighted by atomic mass is 16.5. The van der Waals surface area contributed by atoms with Crippen LogP contribution in [0.3, 0.4) is 0 Å². The minimum absolute atomic E-state index is 0.0187. The lowest BCUT2D eigenvalue weighted by atomic mass is 10.2. The van der Waals surface area contributed by atoms with E-state index in [0.29, 0.717) is 19.7 Å². The van der Waals surface area contributed by atoms with Crippen LogP contribution in [0.5, 0.6) is 0 Å². The van der Waals surface area contributed by atoms with Crippen LogP contribution in [0.1, 0.15) is 17.0 Å². The molecule has 3 rings (SSSR count). The maximum atomic E-state index is 12.4. The third-order valence-electron chi connectivity index (χ3n) is 4.52. The Kier molecular flexibility index (Phi) is 5.19. The van der Waals surface area contributed by atoms with Crippen molar-refractivity contribution in [1.82, 2.24) is 24.5 Å². The fraction of sp³-hybridized carbons (Fsp3) is 0.588. The zero-order valence-corrected chi connectivity index (χ0v) is 15.3. The molecule has 1 aliphatic rings. The fourth-order valence-corrected chi connectivity index (χ4v) is 3.15. The minimum atomic E-state index is -0.0187. The Labute approximate surface area is 147 Å². The zero-order chi connectivity index (χ0) is 18.0. The molecule has 0 unspecified atom stereocenters. The van der Waals surface area contributed by atoms with Crippen molar-refractivity contribution >= 4 is 11.6 Å². The van der Waals surface area contributed by atoms with Crippen LogP contribution in [-0.2, 0) is 23.1 Å². The van der Waals surface area contributed by atoms with Crippen molar-refractivity contribution in [2.45, 2.75) is 33.4 Å². The Bertz CT molecular complexity index is 750. The monoisotopic (exact) mass is 346 g/mol. The van der Waals surface area contributed by atoms with E-state index in [1.54, 1.807) is 4.68 Å². The summed E-state index contributed by atoms with van der Waals surface area (Å²) >= 11 is 0. The highest BCUT2D eigenvalue weighted by Crippen LogP contribution is 2.18. The van der Waals surface area contributed by atoms with Gasteiger partial charge in [0.05, 0.1) is 49.1 Å². The van der Waals surface area contributed by atoms with Crippen LogP contribution in [0.2, 0.25) is 0 Å². The van der Waals surface area contributed by atoms with E-state index in [0.717, 1.165) is 35.7 Å². The molecule has 8 nitrogen and oxygen atoms in total. The van der Waals surface area contributed by atoms with Gasteiger partial charge in [-0.25, -0.2) is 0 Å². The van der Waals surface area contributed by atoms with Crippen LogP contribution in [0.15, 0.2) is 12.4 Å². The number of hydrogen-bond acceptors (Lipinski definition) is 5. The molecule has 0 saturated carbocycles. The normalized spacial score (nSPS) is 18.5. The first-order valence-corrected chi connectivity index (χ1v) is 8.55. The van der Waals surface area contributed by atoms with E-state index >= 15 is 0 Å². The van der Waals surface area contributed by atoms with Crippen molar-refractivity contribution in [3.8, 4) is 0 Å². The highest BCUT2D eigenvalue weighted by Gasteiger charge is 2.23. The number of carbonyl (C=O) groups is 1. The molecule has 25 heavy (non-hydrogen) atoms. The molecule has 8 heteroatoms. The summed E-state index contributed by atoms with van der Waals surface area (Å²) in [6.45, 7) is 9.03. The van der Waals surface area contributed by atoms with E-state index in [-0.39, 0.29) is 12.0 Å². The van der Waals surface area contributed by atoms with E-state index in [2.05, 4.69) is 20.4 Å². The Hall–Kier alpha value is -2.19.